The second-order valence-electron chi connectivity index (χ2n) is 6.99. The van der Waals surface area contributed by atoms with Crippen molar-refractivity contribution in [3.8, 4) is 11.5 Å². The van der Waals surface area contributed by atoms with Gasteiger partial charge in [-0.05, 0) is 66.9 Å². The maximum Gasteiger partial charge on any atom is 0.340 e. The van der Waals surface area contributed by atoms with Crippen LogP contribution in [0.25, 0.3) is 6.08 Å². The standard InChI is InChI=1S/C20H21F2N4O7PS/c1-11(19(29)25-20(23)24)6-12-7-15(21)18(16(22)8-12)33-13-2-4-14(5-3-13)35-26(9-17(27)28)10-34(30,31)32/h2-8H,9-10H2,1H3,(H,27,28)(H2,30,31,32)(H4,23,24,25,29)/b11-6+. The molecule has 0 spiro atoms. The van der Waals surface area contributed by atoms with Crippen molar-refractivity contribution < 1.29 is 42.6 Å². The van der Waals surface area contributed by atoms with Gasteiger partial charge >= 0.3 is 13.6 Å². The van der Waals surface area contributed by atoms with Crippen molar-refractivity contribution in [2.75, 3.05) is 12.8 Å². The molecule has 188 valence electrons. The second-order valence-corrected chi connectivity index (χ2v) is 9.77. The van der Waals surface area contributed by atoms with Crippen molar-refractivity contribution in [1.29, 1.82) is 0 Å². The normalized spacial score (nSPS) is 11.9. The van der Waals surface area contributed by atoms with Crippen LogP contribution in [0.4, 0.5) is 8.78 Å². The Kier molecular flexibility index (Phi) is 9.51. The average Bonchev–Trinajstić information content (AvgIpc) is 2.69. The number of aliphatic imine (C=N–C) groups is 1. The van der Waals surface area contributed by atoms with Crippen LogP contribution in [0.15, 0.2) is 51.9 Å². The summed E-state index contributed by atoms with van der Waals surface area (Å²) in [4.78, 5) is 44.6. The maximum absolute atomic E-state index is 14.5. The fraction of sp³-hybridized carbons (Fsp3) is 0.150. The molecule has 0 saturated carbocycles. The van der Waals surface area contributed by atoms with E-state index in [4.69, 9.17) is 31.1 Å². The smallest absolute Gasteiger partial charge is 0.340 e. The molecule has 7 N–H and O–H groups in total. The molecule has 0 bridgehead atoms. The lowest BCUT2D eigenvalue weighted by molar-refractivity contribution is -0.137. The Morgan fingerprint density at radius 3 is 2.23 bits per heavy atom. The third-order valence-corrected chi connectivity index (χ3v) is 5.80. The number of amides is 1. The number of carbonyl (C=O) groups is 2. The van der Waals surface area contributed by atoms with Crippen molar-refractivity contribution in [2.24, 2.45) is 16.5 Å². The van der Waals surface area contributed by atoms with Gasteiger partial charge in [0.25, 0.3) is 5.91 Å². The molecule has 0 atom stereocenters. The van der Waals surface area contributed by atoms with E-state index < -0.39 is 55.6 Å². The SMILES string of the molecule is C/C(=C\c1cc(F)c(Oc2ccc(SN(CC(=O)O)CP(=O)(O)O)cc2)c(F)c1)C(=O)N=C(N)N. The molecule has 0 unspecified atom stereocenters. The number of guanidine groups is 1. The van der Waals surface area contributed by atoms with Gasteiger partial charge in [0, 0.05) is 10.5 Å². The Labute approximate surface area is 202 Å². The number of carboxylic acid groups (broad SMARTS) is 1. The minimum absolute atomic E-state index is 0.0271. The molecule has 0 heterocycles. The summed E-state index contributed by atoms with van der Waals surface area (Å²) in [5.41, 5.74) is 10.3. The molecule has 2 aromatic rings. The number of nitrogens with two attached hydrogens (primary N) is 2. The van der Waals surface area contributed by atoms with Crippen LogP contribution >= 0.6 is 19.5 Å². The first-order valence-electron chi connectivity index (χ1n) is 9.52. The van der Waals surface area contributed by atoms with Gasteiger partial charge in [-0.3, -0.25) is 14.2 Å². The molecule has 0 aliphatic heterocycles. The Balaban J connectivity index is 2.17. The van der Waals surface area contributed by atoms with Crippen LogP contribution in [0.1, 0.15) is 12.5 Å². The topological polar surface area (TPSA) is 189 Å². The lowest BCUT2D eigenvalue weighted by atomic mass is 10.1. The van der Waals surface area contributed by atoms with Gasteiger partial charge in [-0.2, -0.15) is 4.99 Å². The molecule has 1 amide bonds. The van der Waals surface area contributed by atoms with Gasteiger partial charge in [0.2, 0.25) is 0 Å². The van der Waals surface area contributed by atoms with E-state index in [0.29, 0.717) is 4.90 Å². The van der Waals surface area contributed by atoms with Crippen molar-refractivity contribution in [2.45, 2.75) is 11.8 Å². The van der Waals surface area contributed by atoms with Gasteiger partial charge in [-0.15, -0.1) is 0 Å². The van der Waals surface area contributed by atoms with E-state index in [9.17, 15) is 22.9 Å². The quantitative estimate of drug-likeness (QED) is 0.0998. The highest BCUT2D eigenvalue weighted by Gasteiger charge is 2.22. The fourth-order valence-corrected chi connectivity index (χ4v) is 4.50. The highest BCUT2D eigenvalue weighted by atomic mass is 32.2. The molecule has 0 radical (unpaired) electrons. The van der Waals surface area contributed by atoms with Crippen molar-refractivity contribution in [3.63, 3.8) is 0 Å². The highest BCUT2D eigenvalue weighted by molar-refractivity contribution is 7.97. The Bertz CT molecular complexity index is 1190. The summed E-state index contributed by atoms with van der Waals surface area (Å²) in [5.74, 6) is -5.28. The van der Waals surface area contributed by atoms with Crippen LogP contribution in [-0.4, -0.2) is 49.9 Å². The van der Waals surface area contributed by atoms with Crippen molar-refractivity contribution in [1.82, 2.24) is 4.31 Å². The lowest BCUT2D eigenvalue weighted by Gasteiger charge is -2.19. The Morgan fingerprint density at radius 1 is 1.17 bits per heavy atom. The minimum Gasteiger partial charge on any atom is -0.480 e. The summed E-state index contributed by atoms with van der Waals surface area (Å²) < 4.78 is 46.4. The first-order valence-corrected chi connectivity index (χ1v) is 12.1. The summed E-state index contributed by atoms with van der Waals surface area (Å²) in [6.45, 7) is 0.730. The summed E-state index contributed by atoms with van der Waals surface area (Å²) in [6, 6.07) is 7.40. The number of nitrogens with zero attached hydrogens (tertiary/aromatic N) is 2. The molecule has 0 aromatic heterocycles. The van der Waals surface area contributed by atoms with Crippen LogP contribution in [0.5, 0.6) is 11.5 Å². The van der Waals surface area contributed by atoms with E-state index in [0.717, 1.165) is 28.4 Å². The van der Waals surface area contributed by atoms with E-state index >= 15 is 0 Å². The Morgan fingerprint density at radius 2 is 1.74 bits per heavy atom. The molecule has 15 heteroatoms. The monoisotopic (exact) mass is 530 g/mol. The van der Waals surface area contributed by atoms with Crippen molar-refractivity contribution >= 4 is 43.5 Å². The fourth-order valence-electron chi connectivity index (χ4n) is 2.58. The molecule has 0 aliphatic carbocycles. The van der Waals surface area contributed by atoms with Gasteiger partial charge in [0.05, 0.1) is 0 Å². The van der Waals surface area contributed by atoms with Crippen LogP contribution in [-0.2, 0) is 14.2 Å². The zero-order valence-corrected chi connectivity index (χ0v) is 19.8. The highest BCUT2D eigenvalue weighted by Crippen LogP contribution is 2.39. The predicted octanol–water partition coefficient (Wildman–Crippen LogP) is 2.49. The first kappa shape index (κ1) is 28.0. The third kappa shape index (κ3) is 9.47. The van der Waals surface area contributed by atoms with Crippen LogP contribution < -0.4 is 16.2 Å². The third-order valence-electron chi connectivity index (χ3n) is 3.90. The molecule has 0 saturated heterocycles. The molecule has 2 rings (SSSR count). The summed E-state index contributed by atoms with van der Waals surface area (Å²) in [5, 5.41) is 8.91. The number of benzene rings is 2. The average molecular weight is 530 g/mol. The predicted molar refractivity (Wildman–Crippen MR) is 124 cm³/mol. The van der Waals surface area contributed by atoms with Gasteiger partial charge in [-0.25, -0.2) is 13.1 Å². The van der Waals surface area contributed by atoms with E-state index in [1.165, 1.54) is 37.3 Å². The number of aliphatic carboxylic acids is 1. The zero-order valence-electron chi connectivity index (χ0n) is 18.1. The summed E-state index contributed by atoms with van der Waals surface area (Å²) >= 11 is 0.776. The molecule has 2 aromatic carbocycles. The molecular formula is C20H21F2N4O7PS. The second kappa shape index (κ2) is 11.9. The van der Waals surface area contributed by atoms with E-state index in [1.54, 1.807) is 0 Å². The summed E-state index contributed by atoms with van der Waals surface area (Å²) in [7, 11) is -4.51. The van der Waals surface area contributed by atoms with Gasteiger partial charge in [0.1, 0.15) is 18.6 Å². The van der Waals surface area contributed by atoms with E-state index in [1.807, 2.05) is 0 Å². The van der Waals surface area contributed by atoms with Crippen LogP contribution in [0.3, 0.4) is 0 Å². The molecule has 0 aliphatic rings. The number of ether oxygens (including phenoxy) is 1. The number of hydrogen-bond donors (Lipinski definition) is 5. The minimum atomic E-state index is -4.51. The number of hydrogen-bond acceptors (Lipinski definition) is 6. The van der Waals surface area contributed by atoms with Crippen molar-refractivity contribution in [3.05, 3.63) is 59.2 Å². The molecule has 35 heavy (non-hydrogen) atoms. The number of halogens is 2. The van der Waals surface area contributed by atoms with E-state index in [2.05, 4.69) is 4.99 Å². The first-order chi connectivity index (χ1) is 16.2. The summed E-state index contributed by atoms with van der Waals surface area (Å²) in [6.07, 6.45) is 0.397. The van der Waals surface area contributed by atoms with Crippen LogP contribution in [0.2, 0.25) is 0 Å². The van der Waals surface area contributed by atoms with Gasteiger partial charge in [0.15, 0.2) is 23.3 Å². The molecule has 11 nitrogen and oxygen atoms in total. The van der Waals surface area contributed by atoms with Gasteiger partial charge in [-0.1, -0.05) is 0 Å². The largest absolute Gasteiger partial charge is 0.480 e. The van der Waals surface area contributed by atoms with Gasteiger partial charge < -0.3 is 31.1 Å². The van der Waals surface area contributed by atoms with E-state index in [-0.39, 0.29) is 16.9 Å². The molecular weight excluding hydrogens is 509 g/mol. The van der Waals surface area contributed by atoms with Crippen LogP contribution in [0, 0.1) is 11.6 Å². The lowest BCUT2D eigenvalue weighted by Crippen LogP contribution is -2.24. The zero-order chi connectivity index (χ0) is 26.3. The maximum atomic E-state index is 14.5. The number of carbonyl (C=O) groups excluding carboxylic acids is 1. The molecule has 0 fully saturated rings. The number of rotatable bonds is 10. The number of carboxylic acids is 1. The Hall–Kier alpha value is -3.29.